The summed E-state index contributed by atoms with van der Waals surface area (Å²) in [4.78, 5) is 20.0. The van der Waals surface area contributed by atoms with Gasteiger partial charge >= 0.3 is 0 Å². The van der Waals surface area contributed by atoms with Crippen molar-refractivity contribution >= 4 is 29.4 Å². The van der Waals surface area contributed by atoms with Gasteiger partial charge in [0, 0.05) is 30.2 Å². The largest absolute Gasteiger partial charge is 0.355 e. The Morgan fingerprint density at radius 1 is 1.03 bits per heavy atom. The Hall–Kier alpha value is -2.18. The first kappa shape index (κ1) is 21.5. The summed E-state index contributed by atoms with van der Waals surface area (Å²) in [5.74, 6) is 2.30. The quantitative estimate of drug-likeness (QED) is 0.363. The molecule has 0 aliphatic carbocycles. The summed E-state index contributed by atoms with van der Waals surface area (Å²) in [5.41, 5.74) is 5.93. The maximum atomic E-state index is 12.1. The number of aryl methyl sites for hydroxylation is 2. The number of aromatic amines is 1. The standard InChI is InChI=1S/C23H27N3OS2/c1-17-8-10-20(11-9-17)15-28-13-12-24-22(27)16-29-23-25-18(2)21(26-23)14-19-6-4-3-5-7-19/h3-11H,12-16H2,1-2H3,(H,24,27)(H,25,26). The summed E-state index contributed by atoms with van der Waals surface area (Å²) in [6.45, 7) is 4.81. The second-order valence-corrected chi connectivity index (χ2v) is 9.02. The number of hydrogen-bond donors (Lipinski definition) is 2. The molecule has 1 amide bonds. The molecule has 0 atom stereocenters. The van der Waals surface area contributed by atoms with Crippen molar-refractivity contribution in [3.63, 3.8) is 0 Å². The molecule has 2 aromatic carbocycles. The van der Waals surface area contributed by atoms with Gasteiger partial charge in [0.1, 0.15) is 0 Å². The molecule has 0 fully saturated rings. The number of rotatable bonds is 10. The monoisotopic (exact) mass is 425 g/mol. The van der Waals surface area contributed by atoms with Crippen molar-refractivity contribution in [1.82, 2.24) is 15.3 Å². The zero-order chi connectivity index (χ0) is 20.5. The van der Waals surface area contributed by atoms with Gasteiger partial charge in [0.2, 0.25) is 5.91 Å². The highest BCUT2D eigenvalue weighted by atomic mass is 32.2. The summed E-state index contributed by atoms with van der Waals surface area (Å²) < 4.78 is 0. The van der Waals surface area contributed by atoms with Gasteiger partial charge in [-0.05, 0) is 25.0 Å². The summed E-state index contributed by atoms with van der Waals surface area (Å²) in [6.07, 6.45) is 0.800. The van der Waals surface area contributed by atoms with Crippen LogP contribution >= 0.6 is 23.5 Å². The van der Waals surface area contributed by atoms with Crippen LogP contribution in [0.2, 0.25) is 0 Å². The Labute approximate surface area is 181 Å². The zero-order valence-corrected chi connectivity index (χ0v) is 18.5. The van der Waals surface area contributed by atoms with E-state index in [-0.39, 0.29) is 5.91 Å². The molecule has 0 aliphatic rings. The van der Waals surface area contributed by atoms with Crippen LogP contribution in [0.4, 0.5) is 0 Å². The average Bonchev–Trinajstić information content (AvgIpc) is 3.07. The highest BCUT2D eigenvalue weighted by Gasteiger charge is 2.10. The summed E-state index contributed by atoms with van der Waals surface area (Å²) >= 11 is 3.29. The molecular weight excluding hydrogens is 398 g/mol. The molecule has 2 N–H and O–H groups in total. The van der Waals surface area contributed by atoms with Gasteiger partial charge in [0.15, 0.2) is 5.16 Å². The SMILES string of the molecule is Cc1ccc(CSCCNC(=O)CSc2nc(Cc3ccccc3)c(C)[nH]2)cc1. The third-order valence-corrected chi connectivity index (χ3v) is 6.38. The number of amides is 1. The molecule has 0 saturated heterocycles. The number of imidazole rings is 1. The number of aromatic nitrogens is 2. The van der Waals surface area contributed by atoms with Gasteiger partial charge in [-0.2, -0.15) is 11.8 Å². The van der Waals surface area contributed by atoms with E-state index >= 15 is 0 Å². The van der Waals surface area contributed by atoms with Crippen molar-refractivity contribution in [2.24, 2.45) is 0 Å². The minimum Gasteiger partial charge on any atom is -0.355 e. The molecule has 152 valence electrons. The fraction of sp³-hybridized carbons (Fsp3) is 0.304. The van der Waals surface area contributed by atoms with Gasteiger partial charge in [-0.3, -0.25) is 4.79 Å². The number of H-pyrrole nitrogens is 1. The van der Waals surface area contributed by atoms with Crippen LogP contribution in [0.1, 0.15) is 28.1 Å². The Balaban J connectivity index is 1.34. The van der Waals surface area contributed by atoms with E-state index in [1.807, 2.05) is 36.9 Å². The second-order valence-electron chi connectivity index (χ2n) is 6.95. The van der Waals surface area contributed by atoms with Crippen molar-refractivity contribution in [1.29, 1.82) is 0 Å². The van der Waals surface area contributed by atoms with E-state index in [0.29, 0.717) is 12.3 Å². The zero-order valence-electron chi connectivity index (χ0n) is 16.9. The molecule has 0 spiro atoms. The maximum absolute atomic E-state index is 12.1. The van der Waals surface area contributed by atoms with Gasteiger partial charge in [0.25, 0.3) is 0 Å². The molecule has 0 radical (unpaired) electrons. The predicted octanol–water partition coefficient (Wildman–Crippen LogP) is 4.76. The number of nitrogens with zero attached hydrogens (tertiary/aromatic N) is 1. The Bertz CT molecular complexity index is 908. The highest BCUT2D eigenvalue weighted by molar-refractivity contribution is 7.99. The van der Waals surface area contributed by atoms with Crippen LogP contribution in [-0.2, 0) is 17.0 Å². The topological polar surface area (TPSA) is 57.8 Å². The van der Waals surface area contributed by atoms with Crippen LogP contribution in [0.3, 0.4) is 0 Å². The summed E-state index contributed by atoms with van der Waals surface area (Å²) in [7, 11) is 0. The molecule has 0 saturated carbocycles. The van der Waals surface area contributed by atoms with Gasteiger partial charge in [-0.25, -0.2) is 4.98 Å². The third kappa shape index (κ3) is 7.29. The van der Waals surface area contributed by atoms with Gasteiger partial charge < -0.3 is 10.3 Å². The number of thioether (sulfide) groups is 2. The number of carbonyl (C=O) groups excluding carboxylic acids is 1. The highest BCUT2D eigenvalue weighted by Crippen LogP contribution is 2.19. The maximum Gasteiger partial charge on any atom is 0.230 e. The van der Waals surface area contributed by atoms with Crippen LogP contribution in [0, 0.1) is 13.8 Å². The number of benzene rings is 2. The van der Waals surface area contributed by atoms with Gasteiger partial charge in [-0.15, -0.1) is 0 Å². The molecule has 6 heteroatoms. The Morgan fingerprint density at radius 3 is 2.55 bits per heavy atom. The summed E-state index contributed by atoms with van der Waals surface area (Å²) in [5, 5.41) is 3.79. The van der Waals surface area contributed by atoms with Crippen LogP contribution in [0.15, 0.2) is 59.8 Å². The van der Waals surface area contributed by atoms with Crippen molar-refractivity contribution in [2.45, 2.75) is 31.2 Å². The fourth-order valence-electron chi connectivity index (χ4n) is 2.82. The summed E-state index contributed by atoms with van der Waals surface area (Å²) in [6, 6.07) is 18.9. The lowest BCUT2D eigenvalue weighted by Gasteiger charge is -2.05. The molecule has 4 nitrogen and oxygen atoms in total. The third-order valence-electron chi connectivity index (χ3n) is 4.48. The van der Waals surface area contributed by atoms with E-state index < -0.39 is 0 Å². The lowest BCUT2D eigenvalue weighted by Crippen LogP contribution is -2.27. The minimum atomic E-state index is 0.0459. The average molecular weight is 426 g/mol. The van der Waals surface area contributed by atoms with E-state index in [4.69, 9.17) is 0 Å². The molecule has 29 heavy (non-hydrogen) atoms. The fourth-order valence-corrected chi connectivity index (χ4v) is 4.41. The van der Waals surface area contributed by atoms with Gasteiger partial charge in [-0.1, -0.05) is 71.9 Å². The first-order valence-electron chi connectivity index (χ1n) is 9.72. The van der Waals surface area contributed by atoms with E-state index in [9.17, 15) is 4.79 Å². The molecule has 3 rings (SSSR count). The smallest absolute Gasteiger partial charge is 0.230 e. The van der Waals surface area contributed by atoms with E-state index in [2.05, 4.69) is 58.6 Å². The van der Waals surface area contributed by atoms with Crippen LogP contribution in [0.5, 0.6) is 0 Å². The number of carbonyl (C=O) groups is 1. The number of hydrogen-bond acceptors (Lipinski definition) is 4. The Morgan fingerprint density at radius 2 is 1.79 bits per heavy atom. The molecule has 1 heterocycles. The lowest BCUT2D eigenvalue weighted by molar-refractivity contribution is -0.118. The normalized spacial score (nSPS) is 10.8. The molecular formula is C23H27N3OS2. The van der Waals surface area contributed by atoms with E-state index in [1.165, 1.54) is 28.5 Å². The predicted molar refractivity (Wildman–Crippen MR) is 124 cm³/mol. The van der Waals surface area contributed by atoms with Crippen LogP contribution in [-0.4, -0.2) is 33.9 Å². The number of nitrogens with one attached hydrogen (secondary N) is 2. The first-order chi connectivity index (χ1) is 14.1. The van der Waals surface area contributed by atoms with Crippen LogP contribution < -0.4 is 5.32 Å². The van der Waals surface area contributed by atoms with Crippen molar-refractivity contribution < 1.29 is 4.79 Å². The van der Waals surface area contributed by atoms with Crippen molar-refractivity contribution in [2.75, 3.05) is 18.1 Å². The molecule has 0 bridgehead atoms. The molecule has 1 aromatic heterocycles. The van der Waals surface area contributed by atoms with Crippen molar-refractivity contribution in [3.8, 4) is 0 Å². The molecule has 3 aromatic rings. The molecule has 0 aliphatic heterocycles. The van der Waals surface area contributed by atoms with Crippen molar-refractivity contribution in [3.05, 3.63) is 82.7 Å². The van der Waals surface area contributed by atoms with E-state index in [1.54, 1.807) is 0 Å². The van der Waals surface area contributed by atoms with Crippen LogP contribution in [0.25, 0.3) is 0 Å². The second kappa shape index (κ2) is 11.1. The van der Waals surface area contributed by atoms with Gasteiger partial charge in [0.05, 0.1) is 11.4 Å². The Kier molecular flexibility index (Phi) is 8.25. The molecule has 0 unspecified atom stereocenters. The van der Waals surface area contributed by atoms with E-state index in [0.717, 1.165) is 34.5 Å². The minimum absolute atomic E-state index is 0.0459. The first-order valence-corrected chi connectivity index (χ1v) is 11.9. The lowest BCUT2D eigenvalue weighted by atomic mass is 10.1.